The van der Waals surface area contributed by atoms with Gasteiger partial charge >= 0.3 is 0 Å². The second kappa shape index (κ2) is 29.2. The van der Waals surface area contributed by atoms with Gasteiger partial charge in [-0.05, 0) is 0 Å². The third kappa shape index (κ3) is 29.2. The van der Waals surface area contributed by atoms with Gasteiger partial charge in [-0.1, -0.05) is 0 Å². The Balaban J connectivity index is -0.000000141. The monoisotopic (exact) mass is 294 g/mol. The summed E-state index contributed by atoms with van der Waals surface area (Å²) >= 11 is 0. The van der Waals surface area contributed by atoms with Crippen LogP contribution in [0.25, 0.3) is 0 Å². The maximum absolute atomic E-state index is 7.43. The van der Waals surface area contributed by atoms with Crippen molar-refractivity contribution in [3.63, 3.8) is 0 Å². The van der Waals surface area contributed by atoms with Crippen LogP contribution in [0, 0.1) is 0 Å². The molecule has 0 aliphatic carbocycles. The van der Waals surface area contributed by atoms with Crippen LogP contribution in [0.2, 0.25) is 0 Å². The Labute approximate surface area is 117 Å². The first-order chi connectivity index (χ1) is 6.37. The van der Waals surface area contributed by atoms with Crippen molar-refractivity contribution < 1.29 is 5.48 Å². The number of nitrogens with one attached hydrogen (secondary N) is 2. The van der Waals surface area contributed by atoms with Crippen molar-refractivity contribution in [3.8, 4) is 0 Å². The van der Waals surface area contributed by atoms with Crippen LogP contribution >= 0.6 is 49.6 Å². The molecule has 94 valence electrons. The average Bonchev–Trinajstić information content (AvgIpc) is 2.11. The van der Waals surface area contributed by atoms with Gasteiger partial charge in [0.1, 0.15) is 0 Å². The molecule has 0 heterocycles. The van der Waals surface area contributed by atoms with Crippen molar-refractivity contribution in [2.75, 3.05) is 39.2 Å². The molecule has 0 aromatic heterocycles. The van der Waals surface area contributed by atoms with Crippen LogP contribution in [0.4, 0.5) is 0 Å². The molecule has 0 radical (unpaired) electrons. The van der Waals surface area contributed by atoms with E-state index in [-0.39, 0.29) is 75.8 Å². The summed E-state index contributed by atoms with van der Waals surface area (Å²) in [5.74, 6) is 0. The molecule has 0 rings (SSSR count). The molecular weight excluding hydrogens is 270 g/mol. The first kappa shape index (κ1) is 15.0. The van der Waals surface area contributed by atoms with Crippen molar-refractivity contribution in [1.82, 2.24) is 10.6 Å². The molecule has 0 aliphatic rings. The lowest BCUT2D eigenvalue weighted by Gasteiger charge is -2.03. The maximum Gasteiger partial charge on any atom is 0.0441 e. The van der Waals surface area contributed by atoms with Gasteiger partial charge in [-0.3, -0.25) is 0 Å². The molecular formula is C6H22Cl4N4. The van der Waals surface area contributed by atoms with E-state index in [1.165, 1.54) is 0 Å². The van der Waals surface area contributed by atoms with Crippen LogP contribution in [-0.2, 0) is 0 Å². The summed E-state index contributed by atoms with van der Waals surface area (Å²) in [5, 5.41) is 4.78. The molecule has 0 aromatic carbocycles. The van der Waals surface area contributed by atoms with Crippen molar-refractivity contribution in [1.29, 1.82) is 0 Å². The molecule has 0 unspecified atom stereocenters. The fraction of sp³-hybridized carbons (Fsp3) is 1.00. The Morgan fingerprint density at radius 1 is 0.786 bits per heavy atom. The van der Waals surface area contributed by atoms with E-state index in [0.717, 1.165) is 0 Å². The third-order valence-corrected chi connectivity index (χ3v) is 0.778. The zero-order valence-electron chi connectivity index (χ0n) is 11.6. The van der Waals surface area contributed by atoms with E-state index in [1.54, 1.807) is 0 Å². The van der Waals surface area contributed by atoms with Gasteiger partial charge in [-0.2, -0.15) is 0 Å². The minimum atomic E-state index is -2.17. The SMILES string of the molecule is Cl.Cl.Cl.Cl.[2H]C([2H])(NCCN)C([2H])([2H])NCCN. The molecule has 0 saturated carbocycles. The minimum Gasteiger partial charge on any atom is -0.329 e. The van der Waals surface area contributed by atoms with Crippen LogP contribution in [0.3, 0.4) is 0 Å². The quantitative estimate of drug-likeness (QED) is 0.523. The van der Waals surface area contributed by atoms with E-state index in [2.05, 4.69) is 10.6 Å². The third-order valence-electron chi connectivity index (χ3n) is 0.778. The summed E-state index contributed by atoms with van der Waals surface area (Å²) in [6, 6.07) is 0. The van der Waals surface area contributed by atoms with Gasteiger partial charge in [-0.25, -0.2) is 0 Å². The Hall–Kier alpha value is 1.000. The Bertz CT molecular complexity index is 160. The molecule has 8 heteroatoms. The number of hydrogen-bond acceptors (Lipinski definition) is 4. The van der Waals surface area contributed by atoms with E-state index in [9.17, 15) is 0 Å². The lowest BCUT2D eigenvalue weighted by Crippen LogP contribution is -2.32. The number of halogens is 4. The van der Waals surface area contributed by atoms with Gasteiger partial charge in [0.25, 0.3) is 0 Å². The van der Waals surface area contributed by atoms with E-state index in [0.29, 0.717) is 0 Å². The lowest BCUT2D eigenvalue weighted by molar-refractivity contribution is 0.618. The van der Waals surface area contributed by atoms with Crippen LogP contribution in [0.5, 0.6) is 0 Å². The molecule has 14 heavy (non-hydrogen) atoms. The molecule has 4 nitrogen and oxygen atoms in total. The number of hydrogen-bond donors (Lipinski definition) is 4. The molecule has 0 aromatic rings. The Morgan fingerprint density at radius 2 is 1.07 bits per heavy atom. The van der Waals surface area contributed by atoms with E-state index in [1.807, 2.05) is 0 Å². The fourth-order valence-electron chi connectivity index (χ4n) is 0.358. The highest BCUT2D eigenvalue weighted by atomic mass is 35.5. The molecule has 0 spiro atoms. The highest BCUT2D eigenvalue weighted by molar-refractivity contribution is 5.86. The zero-order chi connectivity index (χ0) is 11.2. The van der Waals surface area contributed by atoms with Crippen molar-refractivity contribution in [2.45, 2.75) is 0 Å². The summed E-state index contributed by atoms with van der Waals surface area (Å²) in [6.45, 7) is -3.38. The predicted octanol–water partition coefficient (Wildman–Crippen LogP) is -0.230. The summed E-state index contributed by atoms with van der Waals surface area (Å²) in [4.78, 5) is 0. The van der Waals surface area contributed by atoms with Crippen LogP contribution < -0.4 is 22.1 Å². The number of rotatable bonds is 7. The van der Waals surface area contributed by atoms with Gasteiger partial charge in [0.2, 0.25) is 0 Å². The second-order valence-corrected chi connectivity index (χ2v) is 1.68. The molecule has 6 N–H and O–H groups in total. The zero-order valence-corrected chi connectivity index (χ0v) is 10.9. The topological polar surface area (TPSA) is 76.1 Å². The van der Waals surface area contributed by atoms with Crippen molar-refractivity contribution >= 4 is 49.6 Å². The summed E-state index contributed by atoms with van der Waals surface area (Å²) in [5.41, 5.74) is 10.4. The van der Waals surface area contributed by atoms with Gasteiger partial charge in [0.15, 0.2) is 0 Å². The molecule has 0 atom stereocenters. The first-order valence-corrected chi connectivity index (χ1v) is 3.27. The normalized spacial score (nSPS) is 13.6. The van der Waals surface area contributed by atoms with E-state index < -0.39 is 13.0 Å². The molecule has 0 aliphatic heterocycles. The Morgan fingerprint density at radius 3 is 1.29 bits per heavy atom. The smallest absolute Gasteiger partial charge is 0.0441 e. The van der Waals surface area contributed by atoms with Gasteiger partial charge in [-0.15, -0.1) is 49.6 Å². The molecule has 0 bridgehead atoms. The minimum absolute atomic E-state index is 0. The standard InChI is InChI=1S/C6H18N4.4ClH/c7-1-3-9-5-6-10-4-2-8;;;;/h9-10H,1-8H2;4*1H/i5D2,6D2;;;;. The van der Waals surface area contributed by atoms with Crippen LogP contribution in [0.1, 0.15) is 5.48 Å². The van der Waals surface area contributed by atoms with E-state index >= 15 is 0 Å². The highest BCUT2D eigenvalue weighted by Gasteiger charge is 1.83. The van der Waals surface area contributed by atoms with Gasteiger partial charge in [0, 0.05) is 44.7 Å². The van der Waals surface area contributed by atoms with E-state index in [4.69, 9.17) is 17.0 Å². The van der Waals surface area contributed by atoms with Crippen LogP contribution in [-0.4, -0.2) is 39.2 Å². The average molecular weight is 296 g/mol. The lowest BCUT2D eigenvalue weighted by atomic mass is 10.5. The second-order valence-electron chi connectivity index (χ2n) is 1.68. The fourth-order valence-corrected chi connectivity index (χ4v) is 0.358. The molecule has 0 saturated heterocycles. The van der Waals surface area contributed by atoms with Gasteiger partial charge in [0.05, 0.1) is 0 Å². The molecule has 0 fully saturated rings. The largest absolute Gasteiger partial charge is 0.329 e. The summed E-state index contributed by atoms with van der Waals surface area (Å²) < 4.78 is 29.7. The van der Waals surface area contributed by atoms with Crippen molar-refractivity contribution in [2.24, 2.45) is 11.5 Å². The summed E-state index contributed by atoms with van der Waals surface area (Å²) in [6.07, 6.45) is 0. The number of nitrogens with two attached hydrogens (primary N) is 2. The predicted molar refractivity (Wildman–Crippen MR) is 72.8 cm³/mol. The maximum atomic E-state index is 7.43. The first-order valence-electron chi connectivity index (χ1n) is 5.27. The summed E-state index contributed by atoms with van der Waals surface area (Å²) in [7, 11) is 0. The highest BCUT2D eigenvalue weighted by Crippen LogP contribution is 1.57. The molecule has 0 amide bonds. The Kier molecular flexibility index (Phi) is 31.3. The van der Waals surface area contributed by atoms with Gasteiger partial charge < -0.3 is 22.1 Å². The van der Waals surface area contributed by atoms with Crippen molar-refractivity contribution in [3.05, 3.63) is 0 Å². The van der Waals surface area contributed by atoms with Crippen LogP contribution in [0.15, 0.2) is 0 Å².